The predicted octanol–water partition coefficient (Wildman–Crippen LogP) is 3.20. The number of isocyanates is 1. The number of halogens is 3. The Hall–Kier alpha value is -3.16. The van der Waals surface area contributed by atoms with Crippen LogP contribution in [-0.2, 0) is 22.6 Å². The molecule has 28 heavy (non-hydrogen) atoms. The molecule has 0 unspecified atom stereocenters. The number of fused-ring (bicyclic) bond motifs is 1. The summed E-state index contributed by atoms with van der Waals surface area (Å²) in [6.45, 7) is -0.324. The molecule has 9 heteroatoms. The van der Waals surface area contributed by atoms with Crippen molar-refractivity contribution in [3.63, 3.8) is 0 Å². The van der Waals surface area contributed by atoms with Crippen molar-refractivity contribution >= 4 is 38.7 Å². The highest BCUT2D eigenvalue weighted by atomic mass is 79.9. The summed E-state index contributed by atoms with van der Waals surface area (Å²) in [5.41, 5.74) is -0.675. The second kappa shape index (κ2) is 7.84. The molecule has 0 bridgehead atoms. The van der Waals surface area contributed by atoms with E-state index in [4.69, 9.17) is 0 Å². The lowest BCUT2D eigenvalue weighted by molar-refractivity contribution is -0.117. The Morgan fingerprint density at radius 2 is 1.93 bits per heavy atom. The van der Waals surface area contributed by atoms with Gasteiger partial charge in [0.25, 0.3) is 11.5 Å². The van der Waals surface area contributed by atoms with E-state index in [-0.39, 0.29) is 28.4 Å². The van der Waals surface area contributed by atoms with Crippen LogP contribution in [0.1, 0.15) is 11.1 Å². The van der Waals surface area contributed by atoms with Crippen LogP contribution in [0.2, 0.25) is 0 Å². The number of carbonyl (C=O) groups excluding carboxylic acids is 2. The smallest absolute Gasteiger partial charge is 0.261 e. The first-order chi connectivity index (χ1) is 13.3. The second-order valence-corrected chi connectivity index (χ2v) is 6.81. The molecule has 1 heterocycles. The predicted molar refractivity (Wildman–Crippen MR) is 99.9 cm³/mol. The standard InChI is InChI=1S/C19H11BrF2N2O4/c20-11-2-1-10(16(22)5-11)8-24-18(27)13-4-3-12(21)6-14(13)15(19(24)28)7-17(26)23-9-25/h1-6,28H,7-8H2. The van der Waals surface area contributed by atoms with Crippen LogP contribution in [0.3, 0.4) is 0 Å². The van der Waals surface area contributed by atoms with Crippen molar-refractivity contribution in [2.75, 3.05) is 0 Å². The molecule has 0 fully saturated rings. The normalized spacial score (nSPS) is 10.7. The van der Waals surface area contributed by atoms with Crippen LogP contribution >= 0.6 is 15.9 Å². The van der Waals surface area contributed by atoms with Crippen molar-refractivity contribution in [2.24, 2.45) is 4.99 Å². The number of aromatic hydroxyl groups is 1. The van der Waals surface area contributed by atoms with Crippen LogP contribution in [0, 0.1) is 11.6 Å². The fraction of sp³-hybridized carbons (Fsp3) is 0.105. The first-order valence-electron chi connectivity index (χ1n) is 7.90. The Labute approximate surface area is 164 Å². The number of carbonyl (C=O) groups is 1. The van der Waals surface area contributed by atoms with Gasteiger partial charge < -0.3 is 5.11 Å². The molecule has 0 saturated carbocycles. The fourth-order valence-electron chi connectivity index (χ4n) is 2.86. The number of hydrogen-bond acceptors (Lipinski definition) is 4. The van der Waals surface area contributed by atoms with Gasteiger partial charge in [-0.3, -0.25) is 14.2 Å². The number of rotatable bonds is 4. The van der Waals surface area contributed by atoms with Crippen molar-refractivity contribution in [1.29, 1.82) is 0 Å². The number of amides is 1. The maximum absolute atomic E-state index is 14.2. The molecule has 0 aliphatic carbocycles. The van der Waals surface area contributed by atoms with Gasteiger partial charge >= 0.3 is 0 Å². The Balaban J connectivity index is 2.25. The van der Waals surface area contributed by atoms with E-state index < -0.39 is 35.4 Å². The summed E-state index contributed by atoms with van der Waals surface area (Å²) in [7, 11) is 0. The van der Waals surface area contributed by atoms with E-state index in [1.54, 1.807) is 6.07 Å². The van der Waals surface area contributed by atoms with E-state index in [9.17, 15) is 28.3 Å². The number of pyridine rings is 1. The summed E-state index contributed by atoms with van der Waals surface area (Å²) >= 11 is 3.13. The molecule has 1 aromatic heterocycles. The zero-order valence-electron chi connectivity index (χ0n) is 14.1. The van der Waals surface area contributed by atoms with Crippen molar-refractivity contribution in [2.45, 2.75) is 13.0 Å². The number of aromatic nitrogens is 1. The van der Waals surface area contributed by atoms with Crippen LogP contribution in [0.5, 0.6) is 5.88 Å². The lowest BCUT2D eigenvalue weighted by atomic mass is 10.0. The maximum atomic E-state index is 14.2. The van der Waals surface area contributed by atoms with Crippen LogP contribution < -0.4 is 5.56 Å². The summed E-state index contributed by atoms with van der Waals surface area (Å²) in [5.74, 6) is -2.87. The summed E-state index contributed by atoms with van der Waals surface area (Å²) in [5, 5.41) is 10.6. The highest BCUT2D eigenvalue weighted by Gasteiger charge is 2.20. The van der Waals surface area contributed by atoms with E-state index in [1.807, 2.05) is 0 Å². The van der Waals surface area contributed by atoms with E-state index in [1.165, 1.54) is 18.2 Å². The van der Waals surface area contributed by atoms with Crippen LogP contribution in [0.15, 0.2) is 50.7 Å². The summed E-state index contributed by atoms with van der Waals surface area (Å²) < 4.78 is 29.2. The van der Waals surface area contributed by atoms with Gasteiger partial charge in [-0.25, -0.2) is 13.6 Å². The molecule has 0 atom stereocenters. The molecule has 0 aliphatic heterocycles. The summed E-state index contributed by atoms with van der Waals surface area (Å²) in [4.78, 5) is 37.8. The van der Waals surface area contributed by atoms with Gasteiger partial charge in [-0.1, -0.05) is 22.0 Å². The Bertz CT molecular complexity index is 1220. The average Bonchev–Trinajstić information content (AvgIpc) is 2.64. The van der Waals surface area contributed by atoms with E-state index in [0.29, 0.717) is 4.47 Å². The topological polar surface area (TPSA) is 88.7 Å². The number of nitrogens with zero attached hydrogens (tertiary/aromatic N) is 2. The Morgan fingerprint density at radius 3 is 2.61 bits per heavy atom. The summed E-state index contributed by atoms with van der Waals surface area (Å²) in [6, 6.07) is 7.46. The molecule has 3 aromatic rings. The average molecular weight is 449 g/mol. The molecule has 2 aromatic carbocycles. The maximum Gasteiger partial charge on any atom is 0.261 e. The molecule has 142 valence electrons. The van der Waals surface area contributed by atoms with Gasteiger partial charge in [0.05, 0.1) is 13.0 Å². The van der Waals surface area contributed by atoms with E-state index >= 15 is 0 Å². The van der Waals surface area contributed by atoms with Gasteiger partial charge in [0.1, 0.15) is 11.6 Å². The highest BCUT2D eigenvalue weighted by Crippen LogP contribution is 2.27. The first-order valence-corrected chi connectivity index (χ1v) is 8.69. The molecular weight excluding hydrogens is 438 g/mol. The molecule has 1 amide bonds. The second-order valence-electron chi connectivity index (χ2n) is 5.89. The van der Waals surface area contributed by atoms with Crippen molar-refractivity contribution in [1.82, 2.24) is 4.57 Å². The minimum Gasteiger partial charge on any atom is -0.494 e. The van der Waals surface area contributed by atoms with Crippen LogP contribution in [0.4, 0.5) is 8.78 Å². The summed E-state index contributed by atoms with van der Waals surface area (Å²) in [6.07, 6.45) is 0.527. The number of hydrogen-bond donors (Lipinski definition) is 1. The van der Waals surface area contributed by atoms with Crippen molar-refractivity contribution in [3.05, 3.63) is 74.0 Å². The van der Waals surface area contributed by atoms with E-state index in [0.717, 1.165) is 22.8 Å². The minimum atomic E-state index is -0.934. The van der Waals surface area contributed by atoms with Gasteiger partial charge in [0.2, 0.25) is 6.08 Å². The SMILES string of the molecule is O=C=NC(=O)Cc1c(O)n(Cc2ccc(Br)cc2F)c(=O)c2ccc(F)cc12. The van der Waals surface area contributed by atoms with Crippen molar-refractivity contribution < 1.29 is 23.5 Å². The zero-order valence-corrected chi connectivity index (χ0v) is 15.7. The van der Waals surface area contributed by atoms with Crippen molar-refractivity contribution in [3.8, 4) is 5.88 Å². The fourth-order valence-corrected chi connectivity index (χ4v) is 3.19. The molecule has 1 N–H and O–H groups in total. The van der Waals surface area contributed by atoms with Crippen LogP contribution in [-0.4, -0.2) is 21.7 Å². The van der Waals surface area contributed by atoms with Gasteiger partial charge in [-0.05, 0) is 35.7 Å². The van der Waals surface area contributed by atoms with Gasteiger partial charge in [-0.15, -0.1) is 4.99 Å². The van der Waals surface area contributed by atoms with E-state index in [2.05, 4.69) is 20.9 Å². The Morgan fingerprint density at radius 1 is 1.18 bits per heavy atom. The monoisotopic (exact) mass is 448 g/mol. The minimum absolute atomic E-state index is 0.00415. The molecule has 0 saturated heterocycles. The third-order valence-corrected chi connectivity index (χ3v) is 4.64. The zero-order chi connectivity index (χ0) is 20.4. The first kappa shape index (κ1) is 19.6. The number of benzene rings is 2. The largest absolute Gasteiger partial charge is 0.494 e. The lowest BCUT2D eigenvalue weighted by Crippen LogP contribution is -2.23. The highest BCUT2D eigenvalue weighted by molar-refractivity contribution is 9.10. The Kier molecular flexibility index (Phi) is 5.48. The van der Waals surface area contributed by atoms with Crippen LogP contribution in [0.25, 0.3) is 10.8 Å². The molecule has 3 rings (SSSR count). The van der Waals surface area contributed by atoms with Gasteiger partial charge in [-0.2, -0.15) is 0 Å². The van der Waals surface area contributed by atoms with Gasteiger partial charge in [0.15, 0.2) is 5.88 Å². The number of aliphatic imine (C=N–C) groups is 1. The molecule has 0 radical (unpaired) electrons. The molecular formula is C19H11BrF2N2O4. The third kappa shape index (κ3) is 3.76. The molecule has 0 aliphatic rings. The molecule has 6 nitrogen and oxygen atoms in total. The molecule has 0 spiro atoms. The quantitative estimate of drug-likeness (QED) is 0.490. The van der Waals surface area contributed by atoms with Gasteiger partial charge in [0, 0.05) is 21.0 Å². The third-order valence-electron chi connectivity index (χ3n) is 4.15. The lowest BCUT2D eigenvalue weighted by Gasteiger charge is -2.15.